The van der Waals surface area contributed by atoms with Gasteiger partial charge in [-0.3, -0.25) is 0 Å². The van der Waals surface area contributed by atoms with Crippen LogP contribution >= 0.6 is 0 Å². The summed E-state index contributed by atoms with van der Waals surface area (Å²) < 4.78 is 7.34. The summed E-state index contributed by atoms with van der Waals surface area (Å²) in [4.78, 5) is 0. The Balaban J connectivity index is 1.07. The van der Waals surface area contributed by atoms with E-state index in [1.165, 1.54) is 104 Å². The monoisotopic (exact) mass is 775 g/mol. The molecule has 0 saturated carbocycles. The minimum absolute atomic E-state index is 1.14. The molecule has 0 spiro atoms. The number of nitrogens with zero attached hydrogens (tertiary/aromatic N) is 3. The van der Waals surface area contributed by atoms with Crippen molar-refractivity contribution in [3.8, 4) is 39.3 Å². The molecule has 0 fully saturated rings. The molecule has 284 valence electrons. The third-order valence-electron chi connectivity index (χ3n) is 12.8. The predicted molar refractivity (Wildman–Crippen MR) is 258 cm³/mol. The second-order valence-electron chi connectivity index (χ2n) is 16.1. The minimum Gasteiger partial charge on any atom is -0.309 e. The average Bonchev–Trinajstić information content (AvgIpc) is 3.97. The Labute approximate surface area is 352 Å². The van der Waals surface area contributed by atoms with Crippen molar-refractivity contribution < 1.29 is 0 Å². The number of rotatable bonds is 5. The Bertz CT molecular complexity index is 3850. The maximum Gasteiger partial charge on any atom is 0.0641 e. The molecule has 0 atom stereocenters. The molecule has 0 aliphatic rings. The van der Waals surface area contributed by atoms with Crippen molar-refractivity contribution in [1.29, 1.82) is 0 Å². The molecule has 3 heteroatoms. The highest BCUT2D eigenvalue weighted by atomic mass is 15.0. The van der Waals surface area contributed by atoms with Crippen molar-refractivity contribution in [3.05, 3.63) is 224 Å². The fourth-order valence-electron chi connectivity index (χ4n) is 10.0. The van der Waals surface area contributed by atoms with Crippen molar-refractivity contribution in [2.24, 2.45) is 0 Å². The number of hydrogen-bond acceptors (Lipinski definition) is 0. The molecular formula is C58H37N3. The first kappa shape index (κ1) is 33.8. The maximum atomic E-state index is 2.47. The first-order chi connectivity index (χ1) is 30.3. The lowest BCUT2D eigenvalue weighted by atomic mass is 10.00. The van der Waals surface area contributed by atoms with Gasteiger partial charge in [-0.15, -0.1) is 0 Å². The molecule has 13 aromatic rings. The summed E-state index contributed by atoms with van der Waals surface area (Å²) in [5, 5.41) is 9.95. The largest absolute Gasteiger partial charge is 0.309 e. The number of fused-ring (bicyclic) bond motifs is 11. The molecule has 3 aromatic heterocycles. The summed E-state index contributed by atoms with van der Waals surface area (Å²) in [6.45, 7) is 0. The zero-order valence-corrected chi connectivity index (χ0v) is 33.2. The van der Waals surface area contributed by atoms with Crippen LogP contribution in [0.3, 0.4) is 0 Å². The van der Waals surface area contributed by atoms with Crippen LogP contribution in [0.2, 0.25) is 0 Å². The van der Waals surface area contributed by atoms with E-state index in [9.17, 15) is 0 Å². The third-order valence-corrected chi connectivity index (χ3v) is 12.8. The molecule has 0 radical (unpaired) electrons. The molecule has 10 aromatic carbocycles. The first-order valence-corrected chi connectivity index (χ1v) is 21.0. The predicted octanol–water partition coefficient (Wildman–Crippen LogP) is 15.5. The second kappa shape index (κ2) is 13.2. The van der Waals surface area contributed by atoms with Gasteiger partial charge in [-0.25, -0.2) is 0 Å². The highest BCUT2D eigenvalue weighted by Crippen LogP contribution is 2.44. The first-order valence-electron chi connectivity index (χ1n) is 21.0. The highest BCUT2D eigenvalue weighted by Gasteiger charge is 2.22. The topological polar surface area (TPSA) is 14.8 Å². The SMILES string of the molecule is c1ccc(-c2ccc(-n3c4ccc(-c5ccc6c(c5)c5ccccc5n6-c5ccc6ccccc6c5)cc4c4c3ccc3c5ccccc5n(-c5ccccc5)c34)cc2)cc1. The van der Waals surface area contributed by atoms with E-state index >= 15 is 0 Å². The Hall–Kier alpha value is -8.14. The van der Waals surface area contributed by atoms with Crippen LogP contribution < -0.4 is 0 Å². The molecule has 61 heavy (non-hydrogen) atoms. The molecule has 13 rings (SSSR count). The average molecular weight is 776 g/mol. The second-order valence-corrected chi connectivity index (χ2v) is 16.1. The summed E-state index contributed by atoms with van der Waals surface area (Å²) in [6.07, 6.45) is 0. The Morgan fingerprint density at radius 3 is 1.48 bits per heavy atom. The number of benzene rings is 10. The van der Waals surface area contributed by atoms with Crippen LogP contribution in [0.25, 0.3) is 116 Å². The van der Waals surface area contributed by atoms with Gasteiger partial charge in [0.05, 0.1) is 33.1 Å². The minimum atomic E-state index is 1.14. The van der Waals surface area contributed by atoms with Crippen molar-refractivity contribution in [2.75, 3.05) is 0 Å². The van der Waals surface area contributed by atoms with Crippen LogP contribution in [0.4, 0.5) is 0 Å². The van der Waals surface area contributed by atoms with Gasteiger partial charge in [0.2, 0.25) is 0 Å². The Morgan fingerprint density at radius 2 is 0.721 bits per heavy atom. The molecular weight excluding hydrogens is 739 g/mol. The normalized spacial score (nSPS) is 11.9. The number of hydrogen-bond donors (Lipinski definition) is 0. The highest BCUT2D eigenvalue weighted by molar-refractivity contribution is 6.26. The quantitative estimate of drug-likeness (QED) is 0.165. The summed E-state index contributed by atoms with van der Waals surface area (Å²) in [5.74, 6) is 0. The third kappa shape index (κ3) is 5.11. The van der Waals surface area contributed by atoms with Gasteiger partial charge in [0.15, 0.2) is 0 Å². The fraction of sp³-hybridized carbons (Fsp3) is 0. The molecule has 3 nitrogen and oxygen atoms in total. The van der Waals surface area contributed by atoms with E-state index in [4.69, 9.17) is 0 Å². The van der Waals surface area contributed by atoms with Crippen molar-refractivity contribution >= 4 is 76.2 Å². The van der Waals surface area contributed by atoms with E-state index in [0.717, 1.165) is 11.4 Å². The van der Waals surface area contributed by atoms with Gasteiger partial charge in [-0.05, 0) is 112 Å². The Morgan fingerprint density at radius 1 is 0.230 bits per heavy atom. The van der Waals surface area contributed by atoms with Crippen molar-refractivity contribution in [3.63, 3.8) is 0 Å². The Kier molecular flexibility index (Phi) is 7.31. The molecule has 0 unspecified atom stereocenters. The van der Waals surface area contributed by atoms with E-state index in [1.807, 2.05) is 0 Å². The van der Waals surface area contributed by atoms with Gasteiger partial charge < -0.3 is 13.7 Å². The molecule has 0 bridgehead atoms. The molecule has 0 amide bonds. The molecule has 0 aliphatic carbocycles. The molecule has 0 aliphatic heterocycles. The van der Waals surface area contributed by atoms with Gasteiger partial charge in [-0.1, -0.05) is 146 Å². The van der Waals surface area contributed by atoms with E-state index in [0.29, 0.717) is 0 Å². The fourth-order valence-corrected chi connectivity index (χ4v) is 10.0. The standard InChI is InChI=1S/C58H37N3/c1-3-13-38(14-4-1)40-23-28-45(29-24-40)59-55-33-27-43(37-51(55)57-56(59)34-31-49-47-19-9-12-22-53(47)61(58(49)57)44-17-5-2-6-18-44)42-26-32-54-50(36-42)48-20-10-11-21-52(48)60(54)46-30-25-39-15-7-8-16-41(39)35-46/h1-37H. The van der Waals surface area contributed by atoms with E-state index in [-0.39, 0.29) is 0 Å². The summed E-state index contributed by atoms with van der Waals surface area (Å²) in [5.41, 5.74) is 15.5. The van der Waals surface area contributed by atoms with Gasteiger partial charge in [-0.2, -0.15) is 0 Å². The van der Waals surface area contributed by atoms with Gasteiger partial charge in [0.1, 0.15) is 0 Å². The summed E-state index contributed by atoms with van der Waals surface area (Å²) in [7, 11) is 0. The van der Waals surface area contributed by atoms with Gasteiger partial charge in [0.25, 0.3) is 0 Å². The number of para-hydroxylation sites is 3. The van der Waals surface area contributed by atoms with Crippen LogP contribution in [-0.4, -0.2) is 13.7 Å². The number of aromatic nitrogens is 3. The smallest absolute Gasteiger partial charge is 0.0641 e. The maximum absolute atomic E-state index is 2.47. The van der Waals surface area contributed by atoms with Gasteiger partial charge >= 0.3 is 0 Å². The van der Waals surface area contributed by atoms with Crippen molar-refractivity contribution in [2.45, 2.75) is 0 Å². The lowest BCUT2D eigenvalue weighted by Gasteiger charge is -2.11. The lowest BCUT2D eigenvalue weighted by Crippen LogP contribution is -1.95. The summed E-state index contributed by atoms with van der Waals surface area (Å²) in [6, 6.07) is 82.3. The van der Waals surface area contributed by atoms with Crippen LogP contribution in [-0.2, 0) is 0 Å². The van der Waals surface area contributed by atoms with Crippen LogP contribution in [0.15, 0.2) is 224 Å². The molecule has 3 heterocycles. The van der Waals surface area contributed by atoms with E-state index in [1.54, 1.807) is 0 Å². The lowest BCUT2D eigenvalue weighted by molar-refractivity contribution is 1.17. The zero-order valence-electron chi connectivity index (χ0n) is 33.2. The van der Waals surface area contributed by atoms with Crippen molar-refractivity contribution in [1.82, 2.24) is 13.7 Å². The summed E-state index contributed by atoms with van der Waals surface area (Å²) >= 11 is 0. The van der Waals surface area contributed by atoms with Crippen LogP contribution in [0.5, 0.6) is 0 Å². The molecule has 0 N–H and O–H groups in total. The van der Waals surface area contributed by atoms with E-state index in [2.05, 4.69) is 238 Å². The zero-order chi connectivity index (χ0) is 40.0. The molecule has 0 saturated heterocycles. The van der Waals surface area contributed by atoms with Gasteiger partial charge in [0, 0.05) is 49.4 Å². The van der Waals surface area contributed by atoms with Crippen LogP contribution in [0.1, 0.15) is 0 Å². The van der Waals surface area contributed by atoms with Crippen LogP contribution in [0, 0.1) is 0 Å². The van der Waals surface area contributed by atoms with E-state index < -0.39 is 0 Å².